The molecule has 140 valence electrons. The molecule has 0 bridgehead atoms. The molecule has 0 atom stereocenters. The Morgan fingerprint density at radius 3 is 2.48 bits per heavy atom. The third-order valence-electron chi connectivity index (χ3n) is 4.56. The summed E-state index contributed by atoms with van der Waals surface area (Å²) >= 11 is 0. The van der Waals surface area contributed by atoms with Crippen molar-refractivity contribution in [2.45, 2.75) is 19.9 Å². The Morgan fingerprint density at radius 2 is 1.85 bits per heavy atom. The molecule has 0 fully saturated rings. The molecule has 0 spiro atoms. The highest BCUT2D eigenvalue weighted by Gasteiger charge is 2.19. The minimum atomic E-state index is -0.675. The molecule has 1 aromatic heterocycles. The normalized spacial score (nSPS) is 11.1. The lowest BCUT2D eigenvalue weighted by Crippen LogP contribution is -2.26. The zero-order chi connectivity index (χ0) is 19.7. The van der Waals surface area contributed by atoms with Gasteiger partial charge in [0.15, 0.2) is 0 Å². The van der Waals surface area contributed by atoms with Crippen molar-refractivity contribution < 1.29 is 18.3 Å². The van der Waals surface area contributed by atoms with E-state index in [1.807, 2.05) is 31.9 Å². The van der Waals surface area contributed by atoms with Crippen molar-refractivity contribution in [3.05, 3.63) is 59.7 Å². The van der Waals surface area contributed by atoms with Crippen LogP contribution in [0.4, 0.5) is 14.5 Å². The summed E-state index contributed by atoms with van der Waals surface area (Å²) in [7, 11) is 3.20. The van der Waals surface area contributed by atoms with E-state index in [4.69, 9.17) is 4.74 Å². The number of nitrogens with zero attached hydrogens (tertiary/aromatic N) is 2. The van der Waals surface area contributed by atoms with E-state index in [1.165, 1.54) is 19.2 Å². The predicted octanol–water partition coefficient (Wildman–Crippen LogP) is 4.81. The Hall–Kier alpha value is -3.02. The van der Waals surface area contributed by atoms with Crippen LogP contribution in [0.3, 0.4) is 0 Å². The second-order valence-electron chi connectivity index (χ2n) is 6.58. The van der Waals surface area contributed by atoms with Crippen LogP contribution in [0.1, 0.15) is 24.2 Å². The average Bonchev–Trinajstić information content (AvgIpc) is 2.65. The number of ether oxygens (including phenoxy) is 1. The van der Waals surface area contributed by atoms with Crippen LogP contribution in [0.2, 0.25) is 0 Å². The molecule has 0 saturated heterocycles. The Balaban J connectivity index is 2.27. The van der Waals surface area contributed by atoms with Gasteiger partial charge < -0.3 is 9.64 Å². The highest BCUT2D eigenvalue weighted by Crippen LogP contribution is 2.34. The number of hydrogen-bond acceptors (Lipinski definition) is 4. The van der Waals surface area contributed by atoms with Crippen LogP contribution < -0.4 is 4.90 Å². The van der Waals surface area contributed by atoms with E-state index in [-0.39, 0.29) is 11.6 Å². The Kier molecular flexibility index (Phi) is 5.08. The number of rotatable bonds is 4. The Labute approximate surface area is 156 Å². The van der Waals surface area contributed by atoms with Crippen LogP contribution in [0.5, 0.6) is 0 Å². The van der Waals surface area contributed by atoms with Crippen LogP contribution in [-0.2, 0) is 4.74 Å². The Bertz CT molecular complexity index is 1020. The van der Waals surface area contributed by atoms with Crippen molar-refractivity contribution in [3.8, 4) is 11.3 Å². The van der Waals surface area contributed by atoms with Gasteiger partial charge in [-0.25, -0.2) is 18.6 Å². The fraction of sp³-hybridized carbons (Fsp3) is 0.238. The molecule has 0 unspecified atom stereocenters. The summed E-state index contributed by atoms with van der Waals surface area (Å²) in [6, 6.07) is 10.4. The molecule has 0 radical (unpaired) electrons. The molecule has 4 nitrogen and oxygen atoms in total. The van der Waals surface area contributed by atoms with Crippen molar-refractivity contribution in [1.29, 1.82) is 0 Å². The second-order valence-corrected chi connectivity index (χ2v) is 6.58. The molecule has 3 aromatic rings. The number of halogens is 2. The number of anilines is 1. The number of carbonyl (C=O) groups is 1. The molecule has 0 N–H and O–H groups in total. The first-order chi connectivity index (χ1) is 12.8. The Morgan fingerprint density at radius 1 is 1.11 bits per heavy atom. The summed E-state index contributed by atoms with van der Waals surface area (Å²) in [6.45, 7) is 4.00. The highest BCUT2D eigenvalue weighted by atomic mass is 19.1. The fourth-order valence-electron chi connectivity index (χ4n) is 2.84. The summed E-state index contributed by atoms with van der Waals surface area (Å²) in [4.78, 5) is 18.4. The van der Waals surface area contributed by atoms with Crippen LogP contribution >= 0.6 is 0 Å². The lowest BCUT2D eigenvalue weighted by Gasteiger charge is -2.26. The fourth-order valence-corrected chi connectivity index (χ4v) is 2.84. The second kappa shape index (κ2) is 7.31. The average molecular weight is 370 g/mol. The summed E-state index contributed by atoms with van der Waals surface area (Å²) in [5.41, 5.74) is 2.33. The molecule has 0 saturated carbocycles. The van der Waals surface area contributed by atoms with Gasteiger partial charge in [0.2, 0.25) is 0 Å². The summed E-state index contributed by atoms with van der Waals surface area (Å²) < 4.78 is 32.5. The molecule has 0 aliphatic rings. The number of fused-ring (bicyclic) bond motifs is 1. The third kappa shape index (κ3) is 3.60. The molecule has 6 heteroatoms. The third-order valence-corrected chi connectivity index (χ3v) is 4.56. The summed E-state index contributed by atoms with van der Waals surface area (Å²) in [5, 5.41) is 0.728. The minimum Gasteiger partial charge on any atom is -0.465 e. The van der Waals surface area contributed by atoms with E-state index in [1.54, 1.807) is 18.2 Å². The standard InChI is InChI=1S/C21H20F2N2O2/c1-12(2)25(3)19-10-14-9-13(21(26)27-4)5-8-18(14)24-20(19)16-7-6-15(22)11-17(16)23/h5-12H,1-4H3. The maximum absolute atomic E-state index is 14.4. The number of aromatic nitrogens is 1. The molecule has 27 heavy (non-hydrogen) atoms. The van der Waals surface area contributed by atoms with Gasteiger partial charge in [0.1, 0.15) is 11.6 Å². The van der Waals surface area contributed by atoms with Crippen LogP contribution in [0, 0.1) is 11.6 Å². The lowest BCUT2D eigenvalue weighted by molar-refractivity contribution is 0.0601. The highest BCUT2D eigenvalue weighted by molar-refractivity contribution is 5.96. The zero-order valence-corrected chi connectivity index (χ0v) is 15.6. The summed E-state index contributed by atoms with van der Waals surface area (Å²) in [5.74, 6) is -1.76. The molecule has 0 aliphatic heterocycles. The first-order valence-corrected chi connectivity index (χ1v) is 8.53. The van der Waals surface area contributed by atoms with Gasteiger partial charge in [0.25, 0.3) is 0 Å². The van der Waals surface area contributed by atoms with Gasteiger partial charge in [-0.2, -0.15) is 0 Å². The van der Waals surface area contributed by atoms with Crippen LogP contribution in [0.15, 0.2) is 42.5 Å². The predicted molar refractivity (Wildman–Crippen MR) is 102 cm³/mol. The van der Waals surface area contributed by atoms with Gasteiger partial charge >= 0.3 is 5.97 Å². The topological polar surface area (TPSA) is 42.4 Å². The van der Waals surface area contributed by atoms with E-state index in [2.05, 4.69) is 4.98 Å². The number of pyridine rings is 1. The quantitative estimate of drug-likeness (QED) is 0.618. The van der Waals surface area contributed by atoms with Crippen molar-refractivity contribution in [2.75, 3.05) is 19.1 Å². The molecule has 3 rings (SSSR count). The zero-order valence-electron chi connectivity index (χ0n) is 15.6. The van der Waals surface area contributed by atoms with Gasteiger partial charge in [-0.05, 0) is 50.2 Å². The first kappa shape index (κ1) is 18.8. The van der Waals surface area contributed by atoms with Gasteiger partial charge in [-0.15, -0.1) is 0 Å². The lowest BCUT2D eigenvalue weighted by atomic mass is 10.0. The monoisotopic (exact) mass is 370 g/mol. The largest absolute Gasteiger partial charge is 0.465 e. The number of carbonyl (C=O) groups excluding carboxylic acids is 1. The molecular formula is C21H20F2N2O2. The van der Waals surface area contributed by atoms with E-state index < -0.39 is 17.6 Å². The van der Waals surface area contributed by atoms with Crippen molar-refractivity contribution in [1.82, 2.24) is 4.98 Å². The number of benzene rings is 2. The number of hydrogen-bond donors (Lipinski definition) is 0. The molecule has 0 amide bonds. The number of esters is 1. The maximum atomic E-state index is 14.4. The van der Waals surface area contributed by atoms with E-state index in [9.17, 15) is 13.6 Å². The smallest absolute Gasteiger partial charge is 0.337 e. The van der Waals surface area contributed by atoms with Gasteiger partial charge in [-0.1, -0.05) is 0 Å². The van der Waals surface area contributed by atoms with Crippen molar-refractivity contribution in [3.63, 3.8) is 0 Å². The van der Waals surface area contributed by atoms with Crippen molar-refractivity contribution in [2.24, 2.45) is 0 Å². The van der Waals surface area contributed by atoms with Gasteiger partial charge in [0, 0.05) is 30.1 Å². The maximum Gasteiger partial charge on any atom is 0.337 e. The first-order valence-electron chi connectivity index (χ1n) is 8.53. The molecule has 0 aliphatic carbocycles. The summed E-state index contributed by atoms with van der Waals surface area (Å²) in [6.07, 6.45) is 0. The SMILES string of the molecule is COC(=O)c1ccc2nc(-c3ccc(F)cc3F)c(N(C)C(C)C)cc2c1. The van der Waals surface area contributed by atoms with Crippen molar-refractivity contribution >= 4 is 22.6 Å². The van der Waals surface area contributed by atoms with E-state index in [0.717, 1.165) is 11.5 Å². The van der Waals surface area contributed by atoms with Crippen LogP contribution in [0.25, 0.3) is 22.2 Å². The van der Waals surface area contributed by atoms with E-state index in [0.29, 0.717) is 22.5 Å². The van der Waals surface area contributed by atoms with Crippen LogP contribution in [-0.4, -0.2) is 31.2 Å². The molecule has 1 heterocycles. The number of methoxy groups -OCH3 is 1. The molecule has 2 aromatic carbocycles. The van der Waals surface area contributed by atoms with E-state index >= 15 is 0 Å². The van der Waals surface area contributed by atoms with Gasteiger partial charge in [-0.3, -0.25) is 0 Å². The van der Waals surface area contributed by atoms with Gasteiger partial charge in [0.05, 0.1) is 29.6 Å². The minimum absolute atomic E-state index is 0.121. The molecular weight excluding hydrogens is 350 g/mol.